The molecule has 2 aromatic rings. The summed E-state index contributed by atoms with van der Waals surface area (Å²) in [6.45, 7) is 3.73. The number of anilines is 1. The number of hydrogen-bond donors (Lipinski definition) is 2. The van der Waals surface area contributed by atoms with Gasteiger partial charge >= 0.3 is 6.18 Å². The molecule has 1 heterocycles. The Kier molecular flexibility index (Phi) is 5.69. The van der Waals surface area contributed by atoms with E-state index >= 15 is 0 Å². The van der Waals surface area contributed by atoms with Crippen molar-refractivity contribution in [3.8, 4) is 0 Å². The molecule has 0 aliphatic carbocycles. The fraction of sp³-hybridized carbons (Fsp3) is 0.267. The summed E-state index contributed by atoms with van der Waals surface area (Å²) in [4.78, 5) is 0. The minimum absolute atomic E-state index is 0.0108. The molecule has 134 valence electrons. The molecule has 0 unspecified atom stereocenters. The van der Waals surface area contributed by atoms with Gasteiger partial charge in [0.25, 0.3) is 0 Å². The zero-order valence-corrected chi connectivity index (χ0v) is 15.1. The van der Waals surface area contributed by atoms with Crippen molar-refractivity contribution in [1.29, 1.82) is 0 Å². The smallest absolute Gasteiger partial charge is 0.330 e. The Morgan fingerprint density at radius 2 is 2.04 bits per heavy atom. The summed E-state index contributed by atoms with van der Waals surface area (Å²) in [6.07, 6.45) is -2.93. The predicted molar refractivity (Wildman–Crippen MR) is 96.1 cm³/mol. The molecule has 2 rings (SSSR count). The summed E-state index contributed by atoms with van der Waals surface area (Å²) in [7, 11) is 1.81. The summed E-state index contributed by atoms with van der Waals surface area (Å²) < 4.78 is 40.0. The van der Waals surface area contributed by atoms with E-state index in [1.807, 2.05) is 20.9 Å². The van der Waals surface area contributed by atoms with Crippen molar-refractivity contribution < 1.29 is 13.2 Å². The minimum atomic E-state index is -4.47. The monoisotopic (exact) mass is 389 g/mol. The third-order valence-corrected chi connectivity index (χ3v) is 3.99. The number of nitrogens with one attached hydrogen (secondary N) is 2. The Hall–Kier alpha value is -2.13. The van der Waals surface area contributed by atoms with E-state index in [0.29, 0.717) is 0 Å². The number of hydrazone groups is 1. The molecular formula is C15H15ClF3N5S. The quantitative estimate of drug-likeness (QED) is 0.473. The first-order valence-corrected chi connectivity index (χ1v) is 7.85. The molecule has 0 spiro atoms. The number of rotatable bonds is 3. The van der Waals surface area contributed by atoms with Crippen molar-refractivity contribution >= 4 is 40.8 Å². The van der Waals surface area contributed by atoms with Crippen LogP contribution in [-0.4, -0.2) is 21.1 Å². The third kappa shape index (κ3) is 4.70. The van der Waals surface area contributed by atoms with Gasteiger partial charge in [-0.05, 0) is 44.3 Å². The fourth-order valence-electron chi connectivity index (χ4n) is 2.08. The molecule has 5 nitrogen and oxygen atoms in total. The van der Waals surface area contributed by atoms with Crippen LogP contribution in [0.25, 0.3) is 0 Å². The molecule has 0 saturated heterocycles. The van der Waals surface area contributed by atoms with Crippen molar-refractivity contribution in [1.82, 2.24) is 15.2 Å². The lowest BCUT2D eigenvalue weighted by Gasteiger charge is -2.12. The van der Waals surface area contributed by atoms with Crippen LogP contribution in [0.5, 0.6) is 0 Å². The number of hydrogen-bond acceptors (Lipinski definition) is 3. The van der Waals surface area contributed by atoms with Gasteiger partial charge in [0.05, 0.1) is 28.2 Å². The van der Waals surface area contributed by atoms with E-state index < -0.39 is 11.7 Å². The van der Waals surface area contributed by atoms with Crippen LogP contribution in [0.1, 0.15) is 22.5 Å². The maximum Gasteiger partial charge on any atom is 0.416 e. The average molecular weight is 390 g/mol. The van der Waals surface area contributed by atoms with Crippen LogP contribution in [0.2, 0.25) is 5.02 Å². The van der Waals surface area contributed by atoms with Crippen molar-refractivity contribution in [2.75, 3.05) is 5.32 Å². The summed E-state index contributed by atoms with van der Waals surface area (Å²) in [5.74, 6) is 0. The van der Waals surface area contributed by atoms with Crippen LogP contribution in [-0.2, 0) is 13.2 Å². The first-order chi connectivity index (χ1) is 11.6. The molecule has 0 bridgehead atoms. The summed E-state index contributed by atoms with van der Waals surface area (Å²) in [6, 6.07) is 2.94. The molecule has 0 saturated carbocycles. The maximum atomic E-state index is 12.8. The summed E-state index contributed by atoms with van der Waals surface area (Å²) in [5.41, 5.74) is 4.30. The minimum Gasteiger partial charge on any atom is -0.330 e. The Bertz CT molecular complexity index is 829. The Balaban J connectivity index is 2.07. The van der Waals surface area contributed by atoms with Crippen LogP contribution in [0.4, 0.5) is 18.9 Å². The third-order valence-electron chi connectivity index (χ3n) is 3.47. The van der Waals surface area contributed by atoms with Crippen LogP contribution in [0.15, 0.2) is 23.3 Å². The van der Waals surface area contributed by atoms with Crippen molar-refractivity contribution in [3.63, 3.8) is 0 Å². The molecule has 0 atom stereocenters. The zero-order chi connectivity index (χ0) is 18.8. The van der Waals surface area contributed by atoms with Crippen LogP contribution >= 0.6 is 23.8 Å². The van der Waals surface area contributed by atoms with E-state index in [4.69, 9.17) is 23.8 Å². The Morgan fingerprint density at radius 3 is 2.60 bits per heavy atom. The van der Waals surface area contributed by atoms with E-state index in [-0.39, 0.29) is 15.8 Å². The normalized spacial score (nSPS) is 11.8. The van der Waals surface area contributed by atoms with Crippen LogP contribution in [0, 0.1) is 13.8 Å². The van der Waals surface area contributed by atoms with Crippen molar-refractivity contribution in [2.45, 2.75) is 20.0 Å². The number of nitrogens with zero attached hydrogens (tertiary/aromatic N) is 3. The molecule has 0 amide bonds. The van der Waals surface area contributed by atoms with Crippen molar-refractivity contribution in [3.05, 3.63) is 45.7 Å². The second-order valence-electron chi connectivity index (χ2n) is 5.22. The molecule has 1 aromatic heterocycles. The summed E-state index contributed by atoms with van der Waals surface area (Å²) in [5, 5.41) is 10.9. The Morgan fingerprint density at radius 1 is 1.36 bits per heavy atom. The molecular weight excluding hydrogens is 375 g/mol. The number of thiocarbonyl (C=S) groups is 1. The van der Waals surface area contributed by atoms with Gasteiger partial charge in [0.15, 0.2) is 5.11 Å². The van der Waals surface area contributed by atoms with Crippen LogP contribution in [0.3, 0.4) is 0 Å². The van der Waals surface area contributed by atoms with Gasteiger partial charge in [-0.2, -0.15) is 23.4 Å². The lowest BCUT2D eigenvalue weighted by Crippen LogP contribution is -2.24. The van der Waals surface area contributed by atoms with E-state index in [2.05, 4.69) is 20.9 Å². The molecule has 25 heavy (non-hydrogen) atoms. The standard InChI is InChI=1S/C15H15ClF3N5S/c1-8-11(9(2)24(3)23-8)7-20-22-14(25)21-13-6-10(15(17,18)19)4-5-12(13)16/h4-7H,1-3H3,(H2,21,22,25)/b20-7+. The molecule has 10 heteroatoms. The van der Waals surface area contributed by atoms with Gasteiger partial charge in [0, 0.05) is 18.3 Å². The molecule has 0 fully saturated rings. The fourth-order valence-corrected chi connectivity index (χ4v) is 2.41. The lowest BCUT2D eigenvalue weighted by molar-refractivity contribution is -0.137. The molecule has 0 aliphatic rings. The average Bonchev–Trinajstić information content (AvgIpc) is 2.74. The zero-order valence-electron chi connectivity index (χ0n) is 13.6. The van der Waals surface area contributed by atoms with Gasteiger partial charge in [0.2, 0.25) is 0 Å². The van der Waals surface area contributed by atoms with Gasteiger partial charge in [0.1, 0.15) is 0 Å². The van der Waals surface area contributed by atoms with Gasteiger partial charge < -0.3 is 5.32 Å². The molecule has 2 N–H and O–H groups in total. The van der Waals surface area contributed by atoms with Gasteiger partial charge in [-0.1, -0.05) is 11.6 Å². The highest BCUT2D eigenvalue weighted by molar-refractivity contribution is 7.80. The summed E-state index contributed by atoms with van der Waals surface area (Å²) >= 11 is 10.9. The molecule has 0 radical (unpaired) electrons. The second-order valence-corrected chi connectivity index (χ2v) is 6.04. The second kappa shape index (κ2) is 7.40. The first kappa shape index (κ1) is 19.2. The number of halogens is 4. The highest BCUT2D eigenvalue weighted by Crippen LogP contribution is 2.33. The highest BCUT2D eigenvalue weighted by Gasteiger charge is 2.31. The van der Waals surface area contributed by atoms with Gasteiger partial charge in [-0.15, -0.1) is 0 Å². The number of aromatic nitrogens is 2. The topological polar surface area (TPSA) is 54.2 Å². The first-order valence-electron chi connectivity index (χ1n) is 7.06. The van der Waals surface area contributed by atoms with Gasteiger partial charge in [-0.25, -0.2) is 0 Å². The number of alkyl halides is 3. The predicted octanol–water partition coefficient (Wildman–Crippen LogP) is 4.03. The highest BCUT2D eigenvalue weighted by atomic mass is 35.5. The lowest BCUT2D eigenvalue weighted by atomic mass is 10.2. The largest absolute Gasteiger partial charge is 0.416 e. The Labute approximate surface area is 152 Å². The number of benzene rings is 1. The van der Waals surface area contributed by atoms with E-state index in [1.54, 1.807) is 10.9 Å². The van der Waals surface area contributed by atoms with E-state index in [1.165, 1.54) is 0 Å². The molecule has 0 aliphatic heterocycles. The SMILES string of the molecule is Cc1nn(C)c(C)c1/C=N/NC(=S)Nc1cc(C(F)(F)F)ccc1Cl. The van der Waals surface area contributed by atoms with Crippen molar-refractivity contribution in [2.24, 2.45) is 12.1 Å². The molecule has 1 aromatic carbocycles. The van der Waals surface area contributed by atoms with Gasteiger partial charge in [-0.3, -0.25) is 10.1 Å². The van der Waals surface area contributed by atoms with E-state index in [9.17, 15) is 13.2 Å². The number of aryl methyl sites for hydroxylation is 2. The van der Waals surface area contributed by atoms with Crippen LogP contribution < -0.4 is 10.7 Å². The maximum absolute atomic E-state index is 12.8. The van der Waals surface area contributed by atoms with E-state index in [0.717, 1.165) is 35.2 Å².